The molecule has 1 amide bonds. The Hall–Kier alpha value is -2.00. The lowest BCUT2D eigenvalue weighted by Crippen LogP contribution is -2.33. The van der Waals surface area contributed by atoms with Gasteiger partial charge in [-0.3, -0.25) is 4.79 Å². The van der Waals surface area contributed by atoms with Crippen molar-refractivity contribution in [2.24, 2.45) is 0 Å². The Balaban J connectivity index is 1.69. The smallest absolute Gasteiger partial charge is 0.220 e. The molecule has 116 valence electrons. The molecule has 2 rings (SSSR count). The number of nitrogens with one attached hydrogen (secondary N) is 1. The molecule has 0 heterocycles. The number of carbonyl (C=O) groups is 1. The molecule has 2 aromatic rings. The van der Waals surface area contributed by atoms with Gasteiger partial charge in [0, 0.05) is 37.3 Å². The number of amides is 1. The van der Waals surface area contributed by atoms with Gasteiger partial charge in [0.2, 0.25) is 5.91 Å². The van der Waals surface area contributed by atoms with E-state index in [1.54, 1.807) is 0 Å². The number of benzene rings is 2. The summed E-state index contributed by atoms with van der Waals surface area (Å²) in [5, 5.41) is 3.67. The summed E-state index contributed by atoms with van der Waals surface area (Å²) in [5.74, 6) is 0.0568. The van der Waals surface area contributed by atoms with Gasteiger partial charge in [0.15, 0.2) is 0 Å². The van der Waals surface area contributed by atoms with E-state index in [4.69, 9.17) is 11.6 Å². The van der Waals surface area contributed by atoms with Crippen LogP contribution >= 0.6 is 11.6 Å². The molecule has 4 heteroatoms. The van der Waals surface area contributed by atoms with Gasteiger partial charge in [0.1, 0.15) is 0 Å². The summed E-state index contributed by atoms with van der Waals surface area (Å²) in [4.78, 5) is 14.0. The van der Waals surface area contributed by atoms with Crippen molar-refractivity contribution in [2.75, 3.05) is 25.0 Å². The summed E-state index contributed by atoms with van der Waals surface area (Å²) in [6.45, 7) is 1.41. The van der Waals surface area contributed by atoms with Crippen molar-refractivity contribution < 1.29 is 4.79 Å². The maximum atomic E-state index is 11.9. The maximum Gasteiger partial charge on any atom is 0.220 e. The van der Waals surface area contributed by atoms with Crippen molar-refractivity contribution in [1.29, 1.82) is 0 Å². The minimum Gasteiger partial charge on any atom is -0.373 e. The quantitative estimate of drug-likeness (QED) is 0.847. The molecule has 0 aliphatic rings. The fourth-order valence-corrected chi connectivity index (χ4v) is 2.44. The predicted molar refractivity (Wildman–Crippen MR) is 92.5 cm³/mol. The Labute approximate surface area is 136 Å². The fraction of sp³-hybridized carbons (Fsp3) is 0.278. The normalized spacial score (nSPS) is 10.3. The summed E-state index contributed by atoms with van der Waals surface area (Å²) in [6.07, 6.45) is 1.12. The second kappa shape index (κ2) is 8.44. The van der Waals surface area contributed by atoms with Crippen molar-refractivity contribution >= 4 is 23.2 Å². The number of nitrogens with zero attached hydrogens (tertiary/aromatic N) is 1. The molecule has 0 spiro atoms. The molecule has 0 aromatic heterocycles. The highest BCUT2D eigenvalue weighted by molar-refractivity contribution is 6.31. The van der Waals surface area contributed by atoms with Crippen LogP contribution in [0.25, 0.3) is 0 Å². The molecule has 22 heavy (non-hydrogen) atoms. The molecular weight excluding hydrogens is 296 g/mol. The molecule has 0 bridgehead atoms. The average molecular weight is 317 g/mol. The van der Waals surface area contributed by atoms with Gasteiger partial charge in [-0.25, -0.2) is 0 Å². The van der Waals surface area contributed by atoms with E-state index in [0.29, 0.717) is 19.4 Å². The molecule has 0 saturated carbocycles. The van der Waals surface area contributed by atoms with E-state index < -0.39 is 0 Å². The predicted octanol–water partition coefficient (Wildman–Crippen LogP) is 3.53. The molecule has 0 radical (unpaired) electrons. The number of hydrogen-bond acceptors (Lipinski definition) is 2. The number of halogens is 1. The van der Waals surface area contributed by atoms with Crippen LogP contribution in [-0.2, 0) is 11.2 Å². The number of aryl methyl sites for hydroxylation is 1. The van der Waals surface area contributed by atoms with E-state index in [9.17, 15) is 4.79 Å². The lowest BCUT2D eigenvalue weighted by atomic mass is 10.1. The molecule has 0 atom stereocenters. The third-order valence-corrected chi connectivity index (χ3v) is 3.91. The first-order chi connectivity index (χ1) is 10.7. The van der Waals surface area contributed by atoms with Crippen LogP contribution in [0, 0.1) is 0 Å². The van der Waals surface area contributed by atoms with Gasteiger partial charge in [-0.05, 0) is 30.2 Å². The molecule has 0 unspecified atom stereocenters. The molecule has 0 aliphatic carbocycles. The van der Waals surface area contributed by atoms with Crippen LogP contribution < -0.4 is 10.2 Å². The fourth-order valence-electron chi connectivity index (χ4n) is 2.21. The number of para-hydroxylation sites is 1. The Kier molecular flexibility index (Phi) is 6.28. The van der Waals surface area contributed by atoms with Gasteiger partial charge >= 0.3 is 0 Å². The maximum absolute atomic E-state index is 11.9. The highest BCUT2D eigenvalue weighted by Gasteiger charge is 2.05. The number of carbonyl (C=O) groups excluding carboxylic acids is 1. The lowest BCUT2D eigenvalue weighted by Gasteiger charge is -2.19. The Morgan fingerprint density at radius 2 is 1.77 bits per heavy atom. The van der Waals surface area contributed by atoms with Gasteiger partial charge in [-0.1, -0.05) is 48.0 Å². The summed E-state index contributed by atoms with van der Waals surface area (Å²) < 4.78 is 0. The first-order valence-corrected chi connectivity index (χ1v) is 7.81. The van der Waals surface area contributed by atoms with E-state index in [1.165, 1.54) is 0 Å². The van der Waals surface area contributed by atoms with Crippen LogP contribution in [-0.4, -0.2) is 26.0 Å². The van der Waals surface area contributed by atoms with E-state index in [0.717, 1.165) is 22.8 Å². The molecule has 2 aromatic carbocycles. The highest BCUT2D eigenvalue weighted by Crippen LogP contribution is 2.16. The van der Waals surface area contributed by atoms with E-state index in [1.807, 2.05) is 49.5 Å². The number of rotatable bonds is 7. The minimum absolute atomic E-state index is 0.0568. The van der Waals surface area contributed by atoms with Crippen molar-refractivity contribution in [3.63, 3.8) is 0 Å². The van der Waals surface area contributed by atoms with Crippen LogP contribution in [0.2, 0.25) is 5.02 Å². The van der Waals surface area contributed by atoms with Gasteiger partial charge in [-0.15, -0.1) is 0 Å². The zero-order valence-corrected chi connectivity index (χ0v) is 13.5. The molecule has 0 fully saturated rings. The lowest BCUT2D eigenvalue weighted by molar-refractivity contribution is -0.120. The van der Waals surface area contributed by atoms with Crippen molar-refractivity contribution in [3.05, 3.63) is 65.2 Å². The largest absolute Gasteiger partial charge is 0.373 e. The summed E-state index contributed by atoms with van der Waals surface area (Å²) in [7, 11) is 2.02. The standard InChI is InChI=1S/C18H21ClN2O/c1-21(16-8-3-2-4-9-16)14-13-20-18(22)12-11-15-7-5-6-10-17(15)19/h2-10H,11-14H2,1H3,(H,20,22). The monoisotopic (exact) mass is 316 g/mol. The summed E-state index contributed by atoms with van der Waals surface area (Å²) >= 11 is 6.08. The van der Waals surface area contributed by atoms with Gasteiger partial charge in [-0.2, -0.15) is 0 Å². The Morgan fingerprint density at radius 3 is 2.50 bits per heavy atom. The number of anilines is 1. The number of hydrogen-bond donors (Lipinski definition) is 1. The van der Waals surface area contributed by atoms with Crippen LogP contribution in [0.5, 0.6) is 0 Å². The van der Waals surface area contributed by atoms with Gasteiger partial charge < -0.3 is 10.2 Å². The summed E-state index contributed by atoms with van der Waals surface area (Å²) in [6, 6.07) is 17.8. The molecule has 0 saturated heterocycles. The first-order valence-electron chi connectivity index (χ1n) is 7.43. The summed E-state index contributed by atoms with van der Waals surface area (Å²) in [5.41, 5.74) is 2.16. The number of likely N-dealkylation sites (N-methyl/N-ethyl adjacent to an activating group) is 1. The second-order valence-electron chi connectivity index (χ2n) is 5.20. The molecule has 3 nitrogen and oxygen atoms in total. The zero-order chi connectivity index (χ0) is 15.8. The second-order valence-corrected chi connectivity index (χ2v) is 5.61. The van der Waals surface area contributed by atoms with Crippen LogP contribution in [0.4, 0.5) is 5.69 Å². The van der Waals surface area contributed by atoms with Crippen molar-refractivity contribution in [2.45, 2.75) is 12.8 Å². The topological polar surface area (TPSA) is 32.3 Å². The Morgan fingerprint density at radius 1 is 1.09 bits per heavy atom. The average Bonchev–Trinajstić information content (AvgIpc) is 2.55. The third kappa shape index (κ3) is 5.08. The van der Waals surface area contributed by atoms with E-state index in [-0.39, 0.29) is 5.91 Å². The molecule has 1 N–H and O–H groups in total. The van der Waals surface area contributed by atoms with Crippen molar-refractivity contribution in [3.8, 4) is 0 Å². The Bertz CT molecular complexity index is 601. The van der Waals surface area contributed by atoms with Gasteiger partial charge in [0.25, 0.3) is 0 Å². The van der Waals surface area contributed by atoms with Crippen LogP contribution in [0.3, 0.4) is 0 Å². The molecule has 0 aliphatic heterocycles. The third-order valence-electron chi connectivity index (χ3n) is 3.55. The van der Waals surface area contributed by atoms with Crippen molar-refractivity contribution in [1.82, 2.24) is 5.32 Å². The van der Waals surface area contributed by atoms with Crippen LogP contribution in [0.1, 0.15) is 12.0 Å². The minimum atomic E-state index is 0.0568. The highest BCUT2D eigenvalue weighted by atomic mass is 35.5. The van der Waals surface area contributed by atoms with E-state index in [2.05, 4.69) is 22.3 Å². The zero-order valence-electron chi connectivity index (χ0n) is 12.8. The van der Waals surface area contributed by atoms with Crippen LogP contribution in [0.15, 0.2) is 54.6 Å². The SMILES string of the molecule is CN(CCNC(=O)CCc1ccccc1Cl)c1ccccc1. The molecular formula is C18H21ClN2O. The van der Waals surface area contributed by atoms with Gasteiger partial charge in [0.05, 0.1) is 0 Å². The van der Waals surface area contributed by atoms with E-state index >= 15 is 0 Å². The first kappa shape index (κ1) is 16.4.